The molecule has 0 saturated heterocycles. The van der Waals surface area contributed by atoms with E-state index in [2.05, 4.69) is 5.32 Å². The zero-order valence-corrected chi connectivity index (χ0v) is 17.0. The van der Waals surface area contributed by atoms with Crippen LogP contribution >= 0.6 is 0 Å². The van der Waals surface area contributed by atoms with Crippen LogP contribution in [0.3, 0.4) is 0 Å². The second-order valence-electron chi connectivity index (χ2n) is 6.71. The van der Waals surface area contributed by atoms with E-state index in [0.717, 1.165) is 6.07 Å². The molecule has 0 fully saturated rings. The Morgan fingerprint density at radius 2 is 1.64 bits per heavy atom. The van der Waals surface area contributed by atoms with Gasteiger partial charge in [-0.15, -0.1) is 0 Å². The number of halogens is 4. The molecule has 1 atom stereocenters. The summed E-state index contributed by atoms with van der Waals surface area (Å²) in [5, 5.41) is 4.14. The van der Waals surface area contributed by atoms with Gasteiger partial charge in [0, 0.05) is 5.56 Å². The van der Waals surface area contributed by atoms with Crippen LogP contribution in [-0.2, 0) is 14.3 Å². The number of amides is 2. The zero-order valence-electron chi connectivity index (χ0n) is 17.0. The quantitative estimate of drug-likeness (QED) is 0.315. The van der Waals surface area contributed by atoms with Gasteiger partial charge in [0.05, 0.1) is 12.2 Å². The Labute approximate surface area is 184 Å². The summed E-state index contributed by atoms with van der Waals surface area (Å²) in [6.07, 6.45) is -1.33. The molecule has 2 amide bonds. The molecule has 1 unspecified atom stereocenters. The molecule has 0 aliphatic rings. The fraction of sp³-hybridized carbons (Fsp3) is 0.136. The van der Waals surface area contributed by atoms with Crippen LogP contribution in [0.15, 0.2) is 52.9 Å². The van der Waals surface area contributed by atoms with E-state index >= 15 is 0 Å². The molecule has 172 valence electrons. The van der Waals surface area contributed by atoms with Crippen LogP contribution in [-0.4, -0.2) is 30.4 Å². The molecule has 0 spiro atoms. The van der Waals surface area contributed by atoms with Crippen molar-refractivity contribution in [3.8, 4) is 11.3 Å². The maximum Gasteiger partial charge on any atom is 0.375 e. The summed E-state index contributed by atoms with van der Waals surface area (Å²) >= 11 is 0. The highest BCUT2D eigenvalue weighted by molar-refractivity contribution is 5.96. The van der Waals surface area contributed by atoms with Crippen LogP contribution in [0.4, 0.5) is 23.2 Å². The van der Waals surface area contributed by atoms with Crippen molar-refractivity contribution in [2.45, 2.75) is 13.0 Å². The molecular weight excluding hydrogens is 448 g/mol. The number of hydrogen-bond donors (Lipinski definition) is 2. The summed E-state index contributed by atoms with van der Waals surface area (Å²) < 4.78 is 63.0. The molecule has 0 radical (unpaired) electrons. The molecule has 7 nitrogen and oxygen atoms in total. The number of furan rings is 1. The standard InChI is InChI=1S/C22H16F4N2O5/c1-11(21(30)27-10-18(29)28-15-7-6-14(24)19(25)20(15)26)32-22(31)17-9-8-16(33-17)12-2-4-13(23)5-3-12/h2-9,11H,10H2,1H3,(H,27,30)(H,28,29). The first kappa shape index (κ1) is 23.5. The first-order valence-corrected chi connectivity index (χ1v) is 9.43. The molecular formula is C22H16F4N2O5. The van der Waals surface area contributed by atoms with Crippen molar-refractivity contribution in [1.82, 2.24) is 5.32 Å². The minimum absolute atomic E-state index is 0.208. The van der Waals surface area contributed by atoms with Gasteiger partial charge in [0.25, 0.3) is 5.91 Å². The summed E-state index contributed by atoms with van der Waals surface area (Å²) in [5.74, 6) is -7.87. The molecule has 1 heterocycles. The van der Waals surface area contributed by atoms with Crippen molar-refractivity contribution in [2.75, 3.05) is 11.9 Å². The van der Waals surface area contributed by atoms with Crippen molar-refractivity contribution < 1.29 is 41.1 Å². The maximum absolute atomic E-state index is 13.6. The van der Waals surface area contributed by atoms with Gasteiger partial charge in [-0.1, -0.05) is 0 Å². The molecule has 3 rings (SSSR count). The third-order valence-electron chi connectivity index (χ3n) is 4.32. The smallest absolute Gasteiger partial charge is 0.375 e. The van der Waals surface area contributed by atoms with Crippen LogP contribution in [0.5, 0.6) is 0 Å². The van der Waals surface area contributed by atoms with Crippen LogP contribution in [0, 0.1) is 23.3 Å². The van der Waals surface area contributed by atoms with Gasteiger partial charge in [0.2, 0.25) is 11.7 Å². The third-order valence-corrected chi connectivity index (χ3v) is 4.32. The number of ether oxygens (including phenoxy) is 1. The van der Waals surface area contributed by atoms with E-state index < -0.39 is 59.4 Å². The van der Waals surface area contributed by atoms with Gasteiger partial charge in [-0.25, -0.2) is 22.4 Å². The Balaban J connectivity index is 1.51. The molecule has 0 bridgehead atoms. The number of hydrogen-bond acceptors (Lipinski definition) is 5. The minimum Gasteiger partial charge on any atom is -0.449 e. The van der Waals surface area contributed by atoms with E-state index in [1.165, 1.54) is 43.3 Å². The minimum atomic E-state index is -1.75. The highest BCUT2D eigenvalue weighted by Gasteiger charge is 2.22. The summed E-state index contributed by atoms with van der Waals surface area (Å²) in [6, 6.07) is 9.59. The normalized spacial score (nSPS) is 11.5. The third kappa shape index (κ3) is 5.76. The van der Waals surface area contributed by atoms with Gasteiger partial charge in [-0.2, -0.15) is 0 Å². The Kier molecular flexibility index (Phi) is 7.11. The SMILES string of the molecule is CC(OC(=O)c1ccc(-c2ccc(F)cc2)o1)C(=O)NCC(=O)Nc1ccc(F)c(F)c1F. The fourth-order valence-electron chi connectivity index (χ4n) is 2.62. The highest BCUT2D eigenvalue weighted by Crippen LogP contribution is 2.23. The van der Waals surface area contributed by atoms with E-state index in [4.69, 9.17) is 9.15 Å². The summed E-state index contributed by atoms with van der Waals surface area (Å²) in [5.41, 5.74) is -0.0906. The summed E-state index contributed by atoms with van der Waals surface area (Å²) in [7, 11) is 0. The number of carbonyl (C=O) groups is 3. The number of anilines is 1. The number of esters is 1. The predicted octanol–water partition coefficient (Wildman–Crippen LogP) is 3.80. The largest absolute Gasteiger partial charge is 0.449 e. The lowest BCUT2D eigenvalue weighted by atomic mass is 10.2. The Hall–Kier alpha value is -4.15. The highest BCUT2D eigenvalue weighted by atomic mass is 19.2. The Morgan fingerprint density at radius 1 is 0.939 bits per heavy atom. The van der Waals surface area contributed by atoms with Crippen LogP contribution in [0.2, 0.25) is 0 Å². The van der Waals surface area contributed by atoms with Gasteiger partial charge in [0.15, 0.2) is 23.6 Å². The summed E-state index contributed by atoms with van der Waals surface area (Å²) in [6.45, 7) is 0.582. The number of nitrogens with one attached hydrogen (secondary N) is 2. The van der Waals surface area contributed by atoms with Crippen molar-refractivity contribution in [1.29, 1.82) is 0 Å². The molecule has 33 heavy (non-hydrogen) atoms. The predicted molar refractivity (Wildman–Crippen MR) is 107 cm³/mol. The van der Waals surface area contributed by atoms with Gasteiger partial charge < -0.3 is 19.8 Å². The van der Waals surface area contributed by atoms with Gasteiger partial charge in [-0.3, -0.25) is 9.59 Å². The van der Waals surface area contributed by atoms with Gasteiger partial charge >= 0.3 is 5.97 Å². The van der Waals surface area contributed by atoms with E-state index in [0.29, 0.717) is 11.6 Å². The van der Waals surface area contributed by atoms with E-state index in [9.17, 15) is 31.9 Å². The second kappa shape index (κ2) is 9.98. The monoisotopic (exact) mass is 464 g/mol. The topological polar surface area (TPSA) is 97.6 Å². The molecule has 0 aliphatic heterocycles. The zero-order chi connectivity index (χ0) is 24.1. The average molecular weight is 464 g/mol. The summed E-state index contributed by atoms with van der Waals surface area (Å²) in [4.78, 5) is 36.1. The first-order valence-electron chi connectivity index (χ1n) is 9.43. The molecule has 2 N–H and O–H groups in total. The molecule has 0 saturated carbocycles. The molecule has 3 aromatic rings. The lowest BCUT2D eigenvalue weighted by molar-refractivity contribution is -0.130. The lowest BCUT2D eigenvalue weighted by Crippen LogP contribution is -2.40. The number of rotatable bonds is 7. The Morgan fingerprint density at radius 3 is 2.33 bits per heavy atom. The lowest BCUT2D eigenvalue weighted by Gasteiger charge is -2.13. The van der Waals surface area contributed by atoms with Crippen LogP contribution in [0.1, 0.15) is 17.5 Å². The fourth-order valence-corrected chi connectivity index (χ4v) is 2.62. The molecule has 2 aromatic carbocycles. The molecule has 1 aromatic heterocycles. The van der Waals surface area contributed by atoms with Crippen molar-refractivity contribution in [3.05, 3.63) is 77.6 Å². The van der Waals surface area contributed by atoms with E-state index in [1.807, 2.05) is 5.32 Å². The van der Waals surface area contributed by atoms with Crippen LogP contribution < -0.4 is 10.6 Å². The van der Waals surface area contributed by atoms with E-state index in [1.54, 1.807) is 0 Å². The molecule has 0 aliphatic carbocycles. The van der Waals surface area contributed by atoms with Crippen molar-refractivity contribution >= 4 is 23.5 Å². The van der Waals surface area contributed by atoms with Gasteiger partial charge in [0.1, 0.15) is 11.6 Å². The average Bonchev–Trinajstić information content (AvgIpc) is 3.29. The van der Waals surface area contributed by atoms with Crippen molar-refractivity contribution in [3.63, 3.8) is 0 Å². The van der Waals surface area contributed by atoms with Crippen LogP contribution in [0.25, 0.3) is 11.3 Å². The van der Waals surface area contributed by atoms with E-state index in [-0.39, 0.29) is 11.5 Å². The van der Waals surface area contributed by atoms with Gasteiger partial charge in [-0.05, 0) is 55.5 Å². The Bertz CT molecular complexity index is 1190. The molecule has 11 heteroatoms. The van der Waals surface area contributed by atoms with Crippen molar-refractivity contribution in [2.24, 2.45) is 0 Å². The first-order chi connectivity index (χ1) is 15.7. The second-order valence-corrected chi connectivity index (χ2v) is 6.71. The maximum atomic E-state index is 13.6. The number of benzene rings is 2. The number of carbonyl (C=O) groups excluding carboxylic acids is 3.